The number of amides is 3. The van der Waals surface area contributed by atoms with Gasteiger partial charge in [0.05, 0.1) is 42.7 Å². The molecule has 1 heterocycles. The number of nitrogens with zero attached hydrogens (tertiary/aromatic N) is 2. The van der Waals surface area contributed by atoms with Crippen molar-refractivity contribution in [2.45, 2.75) is 97.1 Å². The van der Waals surface area contributed by atoms with E-state index in [0.717, 1.165) is 24.8 Å². The van der Waals surface area contributed by atoms with Gasteiger partial charge in [0.2, 0.25) is 17.7 Å². The van der Waals surface area contributed by atoms with Gasteiger partial charge < -0.3 is 29.7 Å². The van der Waals surface area contributed by atoms with Crippen LogP contribution in [-0.2, 0) is 23.9 Å². The van der Waals surface area contributed by atoms with Crippen LogP contribution in [0.15, 0.2) is 30.3 Å². The third kappa shape index (κ3) is 9.51. The van der Waals surface area contributed by atoms with Crippen molar-refractivity contribution in [1.29, 1.82) is 0 Å². The van der Waals surface area contributed by atoms with Gasteiger partial charge in [0, 0.05) is 40.8 Å². The number of likely N-dealkylation sites (tertiary alicyclic amines) is 1. The maximum Gasteiger partial charge on any atom is 0.225 e. The summed E-state index contributed by atoms with van der Waals surface area (Å²) in [7, 11) is 4.98. The normalized spacial score (nSPS) is 19.8. The zero-order valence-corrected chi connectivity index (χ0v) is 26.3. The molecule has 0 bridgehead atoms. The van der Waals surface area contributed by atoms with Crippen LogP contribution in [0, 0.1) is 17.8 Å². The first kappa shape index (κ1) is 34.7. The van der Waals surface area contributed by atoms with Crippen LogP contribution >= 0.6 is 0 Å². The van der Waals surface area contributed by atoms with Gasteiger partial charge in [0.15, 0.2) is 0 Å². The standard InChI is InChI=1S/C32H53N3O6/c1-9-22(4)30(34(6)28(37)18-21(2)3)27(40-7)19-29(38)35-17-13-16-25(35)31(41-8)23(5)32(39)33-20-26(36)24-14-11-10-12-15-24/h10-12,14-15,21-23,25-27,30-31,36H,9,13,16-20H2,1-8H3,(H,33,39)/t22?,23?,25-,26?,27?,30?,31?/m0/s1. The number of ether oxygens (including phenoxy) is 2. The number of hydrogen-bond donors (Lipinski definition) is 2. The molecule has 6 unspecified atom stereocenters. The lowest BCUT2D eigenvalue weighted by Crippen LogP contribution is -2.53. The van der Waals surface area contributed by atoms with Crippen LogP contribution < -0.4 is 5.32 Å². The molecular weight excluding hydrogens is 522 g/mol. The molecule has 1 aromatic carbocycles. The Morgan fingerprint density at radius 3 is 2.29 bits per heavy atom. The zero-order valence-electron chi connectivity index (χ0n) is 26.3. The number of benzene rings is 1. The Bertz CT molecular complexity index is 958. The fourth-order valence-corrected chi connectivity index (χ4v) is 5.97. The zero-order chi connectivity index (χ0) is 30.7. The minimum Gasteiger partial charge on any atom is -0.387 e. The highest BCUT2D eigenvalue weighted by Crippen LogP contribution is 2.29. The maximum absolute atomic E-state index is 13.7. The van der Waals surface area contributed by atoms with E-state index < -0.39 is 24.2 Å². The lowest BCUT2D eigenvalue weighted by atomic mass is 9.90. The minimum atomic E-state index is -0.812. The summed E-state index contributed by atoms with van der Waals surface area (Å²) in [5.74, 6) is -0.399. The highest BCUT2D eigenvalue weighted by molar-refractivity contribution is 5.80. The molecule has 1 fully saturated rings. The van der Waals surface area contributed by atoms with Gasteiger partial charge in [-0.1, -0.05) is 71.4 Å². The van der Waals surface area contributed by atoms with Crippen molar-refractivity contribution < 1.29 is 29.0 Å². The van der Waals surface area contributed by atoms with Crippen molar-refractivity contribution >= 4 is 17.7 Å². The predicted molar refractivity (Wildman–Crippen MR) is 160 cm³/mol. The monoisotopic (exact) mass is 575 g/mol. The van der Waals surface area contributed by atoms with Crippen LogP contribution in [-0.4, -0.2) is 91.3 Å². The molecule has 41 heavy (non-hydrogen) atoms. The van der Waals surface area contributed by atoms with Crippen molar-refractivity contribution in [3.8, 4) is 0 Å². The smallest absolute Gasteiger partial charge is 0.225 e. The number of likely N-dealkylation sites (N-methyl/N-ethyl adjacent to an activating group) is 1. The van der Waals surface area contributed by atoms with Gasteiger partial charge in [-0.15, -0.1) is 0 Å². The van der Waals surface area contributed by atoms with E-state index in [4.69, 9.17) is 9.47 Å². The first-order valence-corrected chi connectivity index (χ1v) is 15.1. The summed E-state index contributed by atoms with van der Waals surface area (Å²) in [5.41, 5.74) is 0.733. The van der Waals surface area contributed by atoms with Crippen molar-refractivity contribution in [3.63, 3.8) is 0 Å². The van der Waals surface area contributed by atoms with Crippen LogP contribution in [0.2, 0.25) is 0 Å². The number of carbonyl (C=O) groups excluding carboxylic acids is 3. The first-order chi connectivity index (χ1) is 19.5. The molecule has 0 aromatic heterocycles. The number of rotatable bonds is 16. The summed E-state index contributed by atoms with van der Waals surface area (Å²) in [5, 5.41) is 13.3. The summed E-state index contributed by atoms with van der Waals surface area (Å²) in [6, 6.07) is 8.70. The Morgan fingerprint density at radius 1 is 1.07 bits per heavy atom. The van der Waals surface area contributed by atoms with Gasteiger partial charge in [-0.25, -0.2) is 0 Å². The Labute approximate surface area is 246 Å². The molecule has 7 atom stereocenters. The fraction of sp³-hybridized carbons (Fsp3) is 0.719. The fourth-order valence-electron chi connectivity index (χ4n) is 5.97. The Morgan fingerprint density at radius 2 is 1.73 bits per heavy atom. The number of aliphatic hydroxyl groups excluding tert-OH is 1. The van der Waals surface area contributed by atoms with Crippen LogP contribution in [0.4, 0.5) is 0 Å². The minimum absolute atomic E-state index is 0.0514. The SMILES string of the molecule is CCC(C)C(C(CC(=O)N1CCC[C@H]1C(OC)C(C)C(=O)NCC(O)c1ccccc1)OC)N(C)C(=O)CC(C)C. The molecule has 9 nitrogen and oxygen atoms in total. The molecule has 0 saturated carbocycles. The second-order valence-electron chi connectivity index (χ2n) is 11.9. The number of methoxy groups -OCH3 is 2. The lowest BCUT2D eigenvalue weighted by Gasteiger charge is -2.39. The Hall–Kier alpha value is -2.49. The Balaban J connectivity index is 2.11. The average Bonchev–Trinajstić information content (AvgIpc) is 3.45. The summed E-state index contributed by atoms with van der Waals surface area (Å²) in [6.07, 6.45) is 1.21. The third-order valence-corrected chi connectivity index (χ3v) is 8.54. The molecule has 0 radical (unpaired) electrons. The number of nitrogens with one attached hydrogen (secondary N) is 1. The van der Waals surface area contributed by atoms with Crippen LogP contribution in [0.5, 0.6) is 0 Å². The number of aliphatic hydroxyl groups is 1. The number of hydrogen-bond acceptors (Lipinski definition) is 6. The van der Waals surface area contributed by atoms with E-state index in [0.29, 0.717) is 13.0 Å². The van der Waals surface area contributed by atoms with Crippen molar-refractivity contribution in [2.24, 2.45) is 17.8 Å². The van der Waals surface area contributed by atoms with E-state index in [1.54, 1.807) is 26.0 Å². The predicted octanol–water partition coefficient (Wildman–Crippen LogP) is 3.80. The quantitative estimate of drug-likeness (QED) is 0.310. The average molecular weight is 576 g/mol. The molecule has 232 valence electrons. The molecule has 9 heteroatoms. The van der Waals surface area contributed by atoms with Crippen LogP contribution in [0.25, 0.3) is 0 Å². The van der Waals surface area contributed by atoms with E-state index in [-0.39, 0.29) is 54.6 Å². The largest absolute Gasteiger partial charge is 0.387 e. The van der Waals surface area contributed by atoms with Gasteiger partial charge in [-0.2, -0.15) is 0 Å². The summed E-state index contributed by atoms with van der Waals surface area (Å²) in [6.45, 7) is 10.7. The molecule has 1 aliphatic rings. The molecule has 0 aliphatic carbocycles. The maximum atomic E-state index is 13.7. The molecule has 3 amide bonds. The van der Waals surface area contributed by atoms with Crippen LogP contribution in [0.1, 0.15) is 78.4 Å². The van der Waals surface area contributed by atoms with Crippen LogP contribution in [0.3, 0.4) is 0 Å². The van der Waals surface area contributed by atoms with E-state index in [2.05, 4.69) is 19.2 Å². The second kappa shape index (κ2) is 16.8. The summed E-state index contributed by atoms with van der Waals surface area (Å²) >= 11 is 0. The van der Waals surface area contributed by atoms with Gasteiger partial charge >= 0.3 is 0 Å². The van der Waals surface area contributed by atoms with E-state index in [1.165, 1.54) is 0 Å². The van der Waals surface area contributed by atoms with E-state index in [9.17, 15) is 19.5 Å². The highest BCUT2D eigenvalue weighted by atomic mass is 16.5. The molecule has 1 aliphatic heterocycles. The topological polar surface area (TPSA) is 108 Å². The molecule has 1 saturated heterocycles. The number of carbonyl (C=O) groups is 3. The van der Waals surface area contributed by atoms with E-state index >= 15 is 0 Å². The van der Waals surface area contributed by atoms with Crippen molar-refractivity contribution in [2.75, 3.05) is 34.4 Å². The lowest BCUT2D eigenvalue weighted by molar-refractivity contribution is -0.146. The van der Waals surface area contributed by atoms with Gasteiger partial charge in [-0.05, 0) is 30.2 Å². The molecular formula is C32H53N3O6. The molecule has 1 aromatic rings. The Kier molecular flexibility index (Phi) is 14.2. The van der Waals surface area contributed by atoms with Gasteiger partial charge in [0.1, 0.15) is 0 Å². The van der Waals surface area contributed by atoms with Crippen molar-refractivity contribution in [3.05, 3.63) is 35.9 Å². The summed E-state index contributed by atoms with van der Waals surface area (Å²) in [4.78, 5) is 43.4. The highest BCUT2D eigenvalue weighted by Gasteiger charge is 2.42. The summed E-state index contributed by atoms with van der Waals surface area (Å²) < 4.78 is 11.7. The van der Waals surface area contributed by atoms with Crippen molar-refractivity contribution in [1.82, 2.24) is 15.1 Å². The molecule has 2 N–H and O–H groups in total. The first-order valence-electron chi connectivity index (χ1n) is 15.1. The third-order valence-electron chi connectivity index (χ3n) is 8.54. The van der Waals surface area contributed by atoms with E-state index in [1.807, 2.05) is 56.1 Å². The van der Waals surface area contributed by atoms with Gasteiger partial charge in [-0.3, -0.25) is 14.4 Å². The van der Waals surface area contributed by atoms with Gasteiger partial charge in [0.25, 0.3) is 0 Å². The molecule has 2 rings (SSSR count). The molecule has 0 spiro atoms. The second-order valence-corrected chi connectivity index (χ2v) is 11.9.